The first-order valence-corrected chi connectivity index (χ1v) is 8.93. The molecule has 3 rings (SSSR count). The SMILES string of the molecule is Cn1c(-c2cc(C(C)(C)C)c(O)c(C(C)(C)C)c2)cc2ccccc21. The first-order chi connectivity index (χ1) is 11.5. The van der Waals surface area contributed by atoms with E-state index in [1.165, 1.54) is 16.6 Å². The Morgan fingerprint density at radius 2 is 1.32 bits per heavy atom. The molecule has 132 valence electrons. The normalized spacial score (nSPS) is 12.8. The van der Waals surface area contributed by atoms with Crippen molar-refractivity contribution >= 4 is 10.9 Å². The van der Waals surface area contributed by atoms with Crippen molar-refractivity contribution in [3.63, 3.8) is 0 Å². The van der Waals surface area contributed by atoms with Crippen LogP contribution in [0, 0.1) is 0 Å². The van der Waals surface area contributed by atoms with Crippen LogP contribution < -0.4 is 0 Å². The topological polar surface area (TPSA) is 25.2 Å². The van der Waals surface area contributed by atoms with Gasteiger partial charge < -0.3 is 9.67 Å². The van der Waals surface area contributed by atoms with Crippen molar-refractivity contribution in [3.05, 3.63) is 53.6 Å². The highest BCUT2D eigenvalue weighted by Crippen LogP contribution is 2.42. The lowest BCUT2D eigenvalue weighted by Gasteiger charge is -2.28. The second-order valence-electron chi connectivity index (χ2n) is 9.07. The third kappa shape index (κ3) is 3.06. The Kier molecular flexibility index (Phi) is 3.98. The van der Waals surface area contributed by atoms with Gasteiger partial charge in [0.05, 0.1) is 0 Å². The van der Waals surface area contributed by atoms with Crippen LogP contribution >= 0.6 is 0 Å². The highest BCUT2D eigenvalue weighted by molar-refractivity contribution is 5.87. The van der Waals surface area contributed by atoms with Crippen LogP contribution in [0.25, 0.3) is 22.2 Å². The number of rotatable bonds is 1. The summed E-state index contributed by atoms with van der Waals surface area (Å²) in [4.78, 5) is 0. The molecule has 1 heterocycles. The Morgan fingerprint density at radius 3 is 1.80 bits per heavy atom. The van der Waals surface area contributed by atoms with Gasteiger partial charge in [-0.3, -0.25) is 0 Å². The number of phenolic OH excluding ortho intramolecular Hbond substituents is 1. The van der Waals surface area contributed by atoms with E-state index in [-0.39, 0.29) is 10.8 Å². The maximum absolute atomic E-state index is 10.9. The van der Waals surface area contributed by atoms with Crippen molar-refractivity contribution < 1.29 is 5.11 Å². The fourth-order valence-electron chi connectivity index (χ4n) is 3.49. The second-order valence-corrected chi connectivity index (χ2v) is 9.07. The molecule has 0 amide bonds. The summed E-state index contributed by atoms with van der Waals surface area (Å²) in [6, 6.07) is 15.0. The standard InChI is InChI=1S/C23H29NO/c1-22(2,3)17-12-16(13-18(21(17)25)23(4,5)6)20-14-15-10-8-9-11-19(15)24(20)7/h8-14,25H,1-7H3. The van der Waals surface area contributed by atoms with Gasteiger partial charge in [0.15, 0.2) is 0 Å². The second kappa shape index (κ2) is 5.66. The van der Waals surface area contributed by atoms with Crippen LogP contribution in [-0.2, 0) is 17.9 Å². The maximum atomic E-state index is 10.9. The summed E-state index contributed by atoms with van der Waals surface area (Å²) in [5, 5.41) is 12.2. The Morgan fingerprint density at radius 1 is 0.800 bits per heavy atom. The van der Waals surface area contributed by atoms with Crippen molar-refractivity contribution in [2.75, 3.05) is 0 Å². The Labute approximate surface area is 151 Å². The van der Waals surface area contributed by atoms with Crippen LogP contribution in [0.1, 0.15) is 52.7 Å². The molecule has 3 aromatic rings. The van der Waals surface area contributed by atoms with E-state index in [2.05, 4.69) is 95.6 Å². The van der Waals surface area contributed by atoms with Gasteiger partial charge in [-0.25, -0.2) is 0 Å². The third-order valence-corrected chi connectivity index (χ3v) is 4.97. The van der Waals surface area contributed by atoms with E-state index in [9.17, 15) is 5.11 Å². The minimum absolute atomic E-state index is 0.120. The molecule has 0 unspecified atom stereocenters. The lowest BCUT2D eigenvalue weighted by molar-refractivity contribution is 0.423. The molecule has 2 heteroatoms. The minimum Gasteiger partial charge on any atom is -0.507 e. The number of fused-ring (bicyclic) bond motifs is 1. The van der Waals surface area contributed by atoms with E-state index in [0.29, 0.717) is 5.75 Å². The summed E-state index contributed by atoms with van der Waals surface area (Å²) in [5.74, 6) is 0.433. The summed E-state index contributed by atoms with van der Waals surface area (Å²) < 4.78 is 2.24. The lowest BCUT2D eigenvalue weighted by atomic mass is 9.78. The van der Waals surface area contributed by atoms with E-state index in [1.807, 2.05) is 0 Å². The van der Waals surface area contributed by atoms with Crippen LogP contribution in [0.4, 0.5) is 0 Å². The molecule has 1 aromatic heterocycles. The fourth-order valence-corrected chi connectivity index (χ4v) is 3.49. The molecule has 0 aliphatic heterocycles. The maximum Gasteiger partial charge on any atom is 0.123 e. The number of hydrogen-bond donors (Lipinski definition) is 1. The number of benzene rings is 2. The number of phenols is 1. The van der Waals surface area contributed by atoms with Crippen LogP contribution in [0.5, 0.6) is 5.75 Å². The van der Waals surface area contributed by atoms with E-state index >= 15 is 0 Å². The largest absolute Gasteiger partial charge is 0.507 e. The molecule has 1 N–H and O–H groups in total. The van der Waals surface area contributed by atoms with Gasteiger partial charge in [-0.15, -0.1) is 0 Å². The molecule has 0 radical (unpaired) electrons. The molecule has 0 fully saturated rings. The molecule has 0 saturated carbocycles. The van der Waals surface area contributed by atoms with Gasteiger partial charge in [0.1, 0.15) is 5.75 Å². The van der Waals surface area contributed by atoms with Crippen LogP contribution in [0.2, 0.25) is 0 Å². The van der Waals surface area contributed by atoms with E-state index in [4.69, 9.17) is 0 Å². The number of para-hydroxylation sites is 1. The summed E-state index contributed by atoms with van der Waals surface area (Å²) in [6.07, 6.45) is 0. The number of hydrogen-bond acceptors (Lipinski definition) is 1. The van der Waals surface area contributed by atoms with E-state index < -0.39 is 0 Å². The molecular formula is C23H29NO. The van der Waals surface area contributed by atoms with E-state index in [0.717, 1.165) is 16.7 Å². The summed E-state index contributed by atoms with van der Waals surface area (Å²) >= 11 is 0. The smallest absolute Gasteiger partial charge is 0.123 e. The average molecular weight is 335 g/mol. The quantitative estimate of drug-likeness (QED) is 0.567. The number of aryl methyl sites for hydroxylation is 1. The molecule has 0 bridgehead atoms. The fraction of sp³-hybridized carbons (Fsp3) is 0.391. The van der Waals surface area contributed by atoms with Crippen LogP contribution in [0.3, 0.4) is 0 Å². The van der Waals surface area contributed by atoms with Crippen LogP contribution in [0.15, 0.2) is 42.5 Å². The molecule has 2 nitrogen and oxygen atoms in total. The van der Waals surface area contributed by atoms with Gasteiger partial charge in [0.25, 0.3) is 0 Å². The summed E-state index contributed by atoms with van der Waals surface area (Å²) in [5.41, 5.74) is 5.32. The number of nitrogens with zero attached hydrogens (tertiary/aromatic N) is 1. The van der Waals surface area contributed by atoms with Crippen molar-refractivity contribution in [1.29, 1.82) is 0 Å². The molecule has 2 aromatic carbocycles. The molecule has 0 saturated heterocycles. The highest BCUT2D eigenvalue weighted by atomic mass is 16.3. The van der Waals surface area contributed by atoms with Gasteiger partial charge in [-0.2, -0.15) is 0 Å². The third-order valence-electron chi connectivity index (χ3n) is 4.97. The summed E-state index contributed by atoms with van der Waals surface area (Å²) in [7, 11) is 2.11. The predicted molar refractivity (Wildman–Crippen MR) is 107 cm³/mol. The van der Waals surface area contributed by atoms with Crippen molar-refractivity contribution in [3.8, 4) is 17.0 Å². The molecule has 0 atom stereocenters. The Bertz CT molecular complexity index is 898. The van der Waals surface area contributed by atoms with Gasteiger partial charge in [0, 0.05) is 34.8 Å². The predicted octanol–water partition coefficient (Wildman–Crippen LogP) is 6.15. The average Bonchev–Trinajstić information content (AvgIpc) is 2.83. The molecular weight excluding hydrogens is 306 g/mol. The molecule has 0 spiro atoms. The molecule has 0 aliphatic rings. The van der Waals surface area contributed by atoms with Gasteiger partial charge in [0.2, 0.25) is 0 Å². The van der Waals surface area contributed by atoms with E-state index in [1.54, 1.807) is 0 Å². The zero-order chi connectivity index (χ0) is 18.6. The van der Waals surface area contributed by atoms with Crippen molar-refractivity contribution in [2.24, 2.45) is 7.05 Å². The van der Waals surface area contributed by atoms with Crippen molar-refractivity contribution in [2.45, 2.75) is 52.4 Å². The van der Waals surface area contributed by atoms with Crippen LogP contribution in [-0.4, -0.2) is 9.67 Å². The van der Waals surface area contributed by atoms with Gasteiger partial charge in [-0.05, 0) is 40.7 Å². The number of aromatic hydroxyl groups is 1. The zero-order valence-electron chi connectivity index (χ0n) is 16.4. The lowest BCUT2D eigenvalue weighted by Crippen LogP contribution is -2.17. The first kappa shape index (κ1) is 17.6. The Balaban J connectivity index is 2.34. The minimum atomic E-state index is -0.120. The van der Waals surface area contributed by atoms with Gasteiger partial charge in [-0.1, -0.05) is 59.7 Å². The molecule has 0 aliphatic carbocycles. The highest BCUT2D eigenvalue weighted by Gasteiger charge is 2.27. The molecule has 25 heavy (non-hydrogen) atoms. The zero-order valence-corrected chi connectivity index (χ0v) is 16.4. The summed E-state index contributed by atoms with van der Waals surface area (Å²) in [6.45, 7) is 12.9. The van der Waals surface area contributed by atoms with Crippen molar-refractivity contribution in [1.82, 2.24) is 4.57 Å². The Hall–Kier alpha value is -2.22. The van der Waals surface area contributed by atoms with Gasteiger partial charge >= 0.3 is 0 Å². The number of aromatic nitrogens is 1. The first-order valence-electron chi connectivity index (χ1n) is 8.93. The monoisotopic (exact) mass is 335 g/mol.